The van der Waals surface area contributed by atoms with E-state index in [0.717, 1.165) is 16.5 Å². The maximum Gasteiger partial charge on any atom is 0.336 e. The predicted molar refractivity (Wildman–Crippen MR) is 96.4 cm³/mol. The Morgan fingerprint density at radius 3 is 2.62 bits per heavy atom. The zero-order valence-corrected chi connectivity index (χ0v) is 14.8. The van der Waals surface area contributed by atoms with Crippen LogP contribution in [0.25, 0.3) is 11.0 Å². The van der Waals surface area contributed by atoms with Gasteiger partial charge in [-0.05, 0) is 51.3 Å². The molecule has 1 N–H and O–H groups in total. The van der Waals surface area contributed by atoms with Crippen LogP contribution >= 0.6 is 0 Å². The largest absolute Gasteiger partial charge is 0.507 e. The Balaban J connectivity index is 2.03. The third kappa shape index (κ3) is 3.34. The van der Waals surface area contributed by atoms with Crippen LogP contribution in [-0.4, -0.2) is 22.1 Å². The minimum absolute atomic E-state index is 0.206. The van der Waals surface area contributed by atoms with Crippen LogP contribution in [0.1, 0.15) is 57.1 Å². The Hall–Kier alpha value is -1.81. The Labute approximate surface area is 143 Å². The standard InChI is InChI=1S/C20H27NO3/c1-13(2)21(15-7-5-4-6-8-15)12-17-18(22)10-9-16-14(3)11-19(23)24-20(16)17/h9-11,13,15,22H,4-8,12H2,1-3H3. The van der Waals surface area contributed by atoms with Gasteiger partial charge in [0, 0.05) is 30.1 Å². The van der Waals surface area contributed by atoms with Crippen LogP contribution in [0.5, 0.6) is 5.75 Å². The lowest BCUT2D eigenvalue weighted by molar-refractivity contribution is 0.111. The molecule has 0 radical (unpaired) electrons. The quantitative estimate of drug-likeness (QED) is 0.847. The summed E-state index contributed by atoms with van der Waals surface area (Å²) in [6.07, 6.45) is 6.25. The van der Waals surface area contributed by atoms with E-state index in [9.17, 15) is 9.90 Å². The van der Waals surface area contributed by atoms with Gasteiger partial charge in [-0.25, -0.2) is 4.79 Å². The summed E-state index contributed by atoms with van der Waals surface area (Å²) in [5.41, 5.74) is 1.78. The van der Waals surface area contributed by atoms with Crippen molar-refractivity contribution in [2.24, 2.45) is 0 Å². The maximum absolute atomic E-state index is 11.8. The van der Waals surface area contributed by atoms with Crippen molar-refractivity contribution < 1.29 is 9.52 Å². The average Bonchev–Trinajstić information content (AvgIpc) is 2.54. The number of aryl methyl sites for hydroxylation is 1. The Bertz CT molecular complexity index is 772. The highest BCUT2D eigenvalue weighted by atomic mass is 16.4. The second kappa shape index (κ2) is 6.98. The molecule has 130 valence electrons. The van der Waals surface area contributed by atoms with Crippen molar-refractivity contribution in [1.29, 1.82) is 0 Å². The molecule has 0 atom stereocenters. The maximum atomic E-state index is 11.8. The van der Waals surface area contributed by atoms with E-state index in [4.69, 9.17) is 4.42 Å². The van der Waals surface area contributed by atoms with Gasteiger partial charge < -0.3 is 9.52 Å². The van der Waals surface area contributed by atoms with Gasteiger partial charge in [0.1, 0.15) is 11.3 Å². The molecule has 1 saturated carbocycles. The second-order valence-electron chi connectivity index (χ2n) is 7.25. The van der Waals surface area contributed by atoms with Crippen molar-refractivity contribution in [1.82, 2.24) is 4.90 Å². The van der Waals surface area contributed by atoms with Crippen molar-refractivity contribution >= 4 is 11.0 Å². The molecule has 0 aliphatic heterocycles. The van der Waals surface area contributed by atoms with Crippen LogP contribution in [0.2, 0.25) is 0 Å². The van der Waals surface area contributed by atoms with E-state index in [1.165, 1.54) is 38.2 Å². The Kier molecular flexibility index (Phi) is 4.95. The van der Waals surface area contributed by atoms with E-state index in [-0.39, 0.29) is 11.4 Å². The smallest absolute Gasteiger partial charge is 0.336 e. The highest BCUT2D eigenvalue weighted by Crippen LogP contribution is 2.32. The first kappa shape index (κ1) is 17.0. The first-order valence-corrected chi connectivity index (χ1v) is 8.98. The van der Waals surface area contributed by atoms with Gasteiger partial charge >= 0.3 is 5.63 Å². The number of rotatable bonds is 4. The molecule has 1 aromatic heterocycles. The SMILES string of the molecule is Cc1cc(=O)oc2c(CN(C(C)C)C3CCCCC3)c(O)ccc12. The van der Waals surface area contributed by atoms with Gasteiger partial charge in [-0.3, -0.25) is 4.90 Å². The number of fused-ring (bicyclic) bond motifs is 1. The van der Waals surface area contributed by atoms with E-state index in [0.29, 0.717) is 24.2 Å². The normalized spacial score (nSPS) is 16.4. The third-order valence-electron chi connectivity index (χ3n) is 5.25. The average molecular weight is 329 g/mol. The van der Waals surface area contributed by atoms with Crippen LogP contribution in [0.3, 0.4) is 0 Å². The molecule has 0 saturated heterocycles. The Morgan fingerprint density at radius 2 is 1.96 bits per heavy atom. The first-order chi connectivity index (χ1) is 11.5. The van der Waals surface area contributed by atoms with Crippen molar-refractivity contribution in [3.05, 3.63) is 39.7 Å². The number of aromatic hydroxyl groups is 1. The van der Waals surface area contributed by atoms with E-state index >= 15 is 0 Å². The minimum atomic E-state index is -0.361. The van der Waals surface area contributed by atoms with Gasteiger partial charge in [0.2, 0.25) is 0 Å². The lowest BCUT2D eigenvalue weighted by atomic mass is 9.92. The molecule has 0 spiro atoms. The molecule has 1 aliphatic carbocycles. The molecule has 0 unspecified atom stereocenters. The lowest BCUT2D eigenvalue weighted by Gasteiger charge is -2.37. The first-order valence-electron chi connectivity index (χ1n) is 8.98. The molecular weight excluding hydrogens is 302 g/mol. The number of benzene rings is 1. The monoisotopic (exact) mass is 329 g/mol. The number of phenolic OH excluding ortho intramolecular Hbond substituents is 1. The molecule has 0 bridgehead atoms. The summed E-state index contributed by atoms with van der Waals surface area (Å²) in [7, 11) is 0. The van der Waals surface area contributed by atoms with Gasteiger partial charge in [0.25, 0.3) is 0 Å². The molecule has 1 aromatic carbocycles. The zero-order chi connectivity index (χ0) is 17.3. The summed E-state index contributed by atoms with van der Waals surface area (Å²) in [4.78, 5) is 14.3. The molecule has 2 aromatic rings. The van der Waals surface area contributed by atoms with E-state index in [1.807, 2.05) is 13.0 Å². The second-order valence-corrected chi connectivity index (χ2v) is 7.25. The summed E-state index contributed by atoms with van der Waals surface area (Å²) in [6, 6.07) is 5.95. The molecule has 4 heteroatoms. The highest BCUT2D eigenvalue weighted by molar-refractivity contribution is 5.84. The van der Waals surface area contributed by atoms with Crippen molar-refractivity contribution in [2.75, 3.05) is 0 Å². The number of nitrogens with zero attached hydrogens (tertiary/aromatic N) is 1. The fourth-order valence-electron chi connectivity index (χ4n) is 3.91. The van der Waals surface area contributed by atoms with E-state index in [1.54, 1.807) is 6.07 Å². The summed E-state index contributed by atoms with van der Waals surface area (Å²) in [6.45, 7) is 6.90. The van der Waals surface area contributed by atoms with Crippen molar-refractivity contribution in [3.63, 3.8) is 0 Å². The molecule has 1 heterocycles. The van der Waals surface area contributed by atoms with Crippen molar-refractivity contribution in [3.8, 4) is 5.75 Å². The summed E-state index contributed by atoms with van der Waals surface area (Å²) < 4.78 is 5.48. The molecule has 3 rings (SSSR count). The predicted octanol–water partition coefficient (Wildman–Crippen LogP) is 4.35. The third-order valence-corrected chi connectivity index (χ3v) is 5.25. The molecular formula is C20H27NO3. The van der Waals surface area contributed by atoms with Crippen LogP contribution in [0, 0.1) is 6.92 Å². The lowest BCUT2D eigenvalue weighted by Crippen LogP contribution is -2.41. The highest BCUT2D eigenvalue weighted by Gasteiger charge is 2.25. The molecule has 4 nitrogen and oxygen atoms in total. The number of hydrogen-bond donors (Lipinski definition) is 1. The molecule has 0 amide bonds. The van der Waals surface area contributed by atoms with Gasteiger partial charge in [-0.15, -0.1) is 0 Å². The van der Waals surface area contributed by atoms with Crippen LogP contribution in [0.4, 0.5) is 0 Å². The van der Waals surface area contributed by atoms with E-state index < -0.39 is 0 Å². The summed E-state index contributed by atoms with van der Waals surface area (Å²) in [5.74, 6) is 0.206. The summed E-state index contributed by atoms with van der Waals surface area (Å²) >= 11 is 0. The van der Waals surface area contributed by atoms with Gasteiger partial charge in [-0.1, -0.05) is 19.3 Å². The van der Waals surface area contributed by atoms with Crippen LogP contribution < -0.4 is 5.63 Å². The minimum Gasteiger partial charge on any atom is -0.507 e. The van der Waals surface area contributed by atoms with Crippen molar-refractivity contribution in [2.45, 2.75) is 71.5 Å². The fourth-order valence-corrected chi connectivity index (χ4v) is 3.91. The topological polar surface area (TPSA) is 53.7 Å². The van der Waals surface area contributed by atoms with Gasteiger partial charge in [0.05, 0.1) is 5.56 Å². The molecule has 24 heavy (non-hydrogen) atoms. The number of phenols is 1. The van der Waals surface area contributed by atoms with Crippen LogP contribution in [0.15, 0.2) is 27.4 Å². The fraction of sp³-hybridized carbons (Fsp3) is 0.550. The number of hydrogen-bond acceptors (Lipinski definition) is 4. The van der Waals surface area contributed by atoms with Gasteiger partial charge in [0.15, 0.2) is 0 Å². The molecule has 1 fully saturated rings. The van der Waals surface area contributed by atoms with Crippen LogP contribution in [-0.2, 0) is 6.54 Å². The Morgan fingerprint density at radius 1 is 1.25 bits per heavy atom. The van der Waals surface area contributed by atoms with Gasteiger partial charge in [-0.2, -0.15) is 0 Å². The summed E-state index contributed by atoms with van der Waals surface area (Å²) in [5, 5.41) is 11.3. The molecule has 1 aliphatic rings. The van der Waals surface area contributed by atoms with E-state index in [2.05, 4.69) is 18.7 Å². The zero-order valence-electron chi connectivity index (χ0n) is 14.8.